The average molecular weight is 348 g/mol. The van der Waals surface area contributed by atoms with Crippen LogP contribution >= 0.6 is 15.9 Å². The smallest absolute Gasteiger partial charge is 0.251 e. The van der Waals surface area contributed by atoms with Crippen molar-refractivity contribution in [2.45, 2.75) is 19.4 Å². The molecule has 0 fully saturated rings. The van der Waals surface area contributed by atoms with Crippen molar-refractivity contribution in [2.75, 3.05) is 6.61 Å². The predicted octanol–water partition coefficient (Wildman–Crippen LogP) is 3.09. The minimum absolute atomic E-state index is 0.0896. The predicted molar refractivity (Wildman–Crippen MR) is 87.4 cm³/mol. The molecule has 0 aliphatic heterocycles. The number of aliphatic hydroxyl groups excluding tert-OH is 1. The number of benzene rings is 2. The third-order valence-corrected chi connectivity index (χ3v) is 3.82. The van der Waals surface area contributed by atoms with Gasteiger partial charge in [-0.15, -0.1) is 0 Å². The van der Waals surface area contributed by atoms with Crippen LogP contribution in [-0.4, -0.2) is 23.7 Å². The van der Waals surface area contributed by atoms with Gasteiger partial charge >= 0.3 is 0 Å². The van der Waals surface area contributed by atoms with E-state index in [0.717, 1.165) is 15.6 Å². The summed E-state index contributed by atoms with van der Waals surface area (Å²) in [5, 5.41) is 12.4. The summed E-state index contributed by atoms with van der Waals surface area (Å²) in [6.07, 6.45) is 0.607. The number of hydrogen-bond donors (Lipinski definition) is 2. The first-order valence-corrected chi connectivity index (χ1v) is 7.61. The SMILES string of the molecule is Cc1ccc(Br)cc1C(=O)N[C@H](CO)Cc1ccccc1. The summed E-state index contributed by atoms with van der Waals surface area (Å²) in [6, 6.07) is 15.1. The maximum Gasteiger partial charge on any atom is 0.251 e. The zero-order valence-electron chi connectivity index (χ0n) is 11.8. The molecule has 0 heterocycles. The molecule has 2 aromatic carbocycles. The second kappa shape index (κ2) is 7.38. The van der Waals surface area contributed by atoms with Crippen LogP contribution in [0, 0.1) is 6.92 Å². The van der Waals surface area contributed by atoms with Gasteiger partial charge in [-0.25, -0.2) is 0 Å². The number of aliphatic hydroxyl groups is 1. The lowest BCUT2D eigenvalue weighted by molar-refractivity contribution is 0.0916. The third-order valence-electron chi connectivity index (χ3n) is 3.32. The summed E-state index contributed by atoms with van der Waals surface area (Å²) < 4.78 is 0.863. The topological polar surface area (TPSA) is 49.3 Å². The molecular formula is C17H18BrNO2. The molecule has 2 rings (SSSR count). The molecule has 0 saturated carbocycles. The largest absolute Gasteiger partial charge is 0.394 e. The highest BCUT2D eigenvalue weighted by atomic mass is 79.9. The van der Waals surface area contributed by atoms with E-state index in [0.29, 0.717) is 12.0 Å². The Bertz CT molecular complexity index is 613. The number of carbonyl (C=O) groups is 1. The fourth-order valence-corrected chi connectivity index (χ4v) is 2.52. The van der Waals surface area contributed by atoms with Gasteiger partial charge in [0.05, 0.1) is 12.6 Å². The van der Waals surface area contributed by atoms with E-state index in [-0.39, 0.29) is 18.6 Å². The highest BCUT2D eigenvalue weighted by Crippen LogP contribution is 2.16. The van der Waals surface area contributed by atoms with Crippen LogP contribution in [0.25, 0.3) is 0 Å². The van der Waals surface area contributed by atoms with Gasteiger partial charge in [0.25, 0.3) is 5.91 Å². The van der Waals surface area contributed by atoms with Gasteiger partial charge < -0.3 is 10.4 Å². The van der Waals surface area contributed by atoms with Gasteiger partial charge in [-0.05, 0) is 36.6 Å². The van der Waals surface area contributed by atoms with Gasteiger partial charge in [-0.1, -0.05) is 52.3 Å². The van der Waals surface area contributed by atoms with Gasteiger partial charge in [-0.3, -0.25) is 4.79 Å². The number of aryl methyl sites for hydroxylation is 1. The van der Waals surface area contributed by atoms with Gasteiger partial charge in [0.2, 0.25) is 0 Å². The van der Waals surface area contributed by atoms with Crippen molar-refractivity contribution in [3.8, 4) is 0 Å². The number of amides is 1. The highest BCUT2D eigenvalue weighted by molar-refractivity contribution is 9.10. The molecule has 1 amide bonds. The van der Waals surface area contributed by atoms with Crippen LogP contribution < -0.4 is 5.32 Å². The maximum atomic E-state index is 12.3. The second-order valence-corrected chi connectivity index (χ2v) is 5.92. The van der Waals surface area contributed by atoms with Gasteiger partial charge in [0, 0.05) is 10.0 Å². The average Bonchev–Trinajstić information content (AvgIpc) is 2.50. The normalized spacial score (nSPS) is 12.0. The van der Waals surface area contributed by atoms with E-state index in [1.54, 1.807) is 6.07 Å². The molecule has 0 aromatic heterocycles. The molecule has 3 nitrogen and oxygen atoms in total. The van der Waals surface area contributed by atoms with Crippen molar-refractivity contribution in [1.29, 1.82) is 0 Å². The van der Waals surface area contributed by atoms with E-state index >= 15 is 0 Å². The van der Waals surface area contributed by atoms with Crippen LogP contribution in [0.5, 0.6) is 0 Å². The lowest BCUT2D eigenvalue weighted by Gasteiger charge is -2.17. The fourth-order valence-electron chi connectivity index (χ4n) is 2.16. The molecular weight excluding hydrogens is 330 g/mol. The van der Waals surface area contributed by atoms with E-state index in [4.69, 9.17) is 0 Å². The monoisotopic (exact) mass is 347 g/mol. The van der Waals surface area contributed by atoms with Gasteiger partial charge in [-0.2, -0.15) is 0 Å². The van der Waals surface area contributed by atoms with Crippen LogP contribution in [0.1, 0.15) is 21.5 Å². The Hall–Kier alpha value is -1.65. The minimum Gasteiger partial charge on any atom is -0.394 e. The van der Waals surface area contributed by atoms with Crippen molar-refractivity contribution >= 4 is 21.8 Å². The van der Waals surface area contributed by atoms with Crippen molar-refractivity contribution in [1.82, 2.24) is 5.32 Å². The molecule has 0 saturated heterocycles. The van der Waals surface area contributed by atoms with Crippen molar-refractivity contribution in [3.63, 3.8) is 0 Å². The Morgan fingerprint density at radius 1 is 1.24 bits per heavy atom. The number of carbonyl (C=O) groups excluding carboxylic acids is 1. The summed E-state index contributed by atoms with van der Waals surface area (Å²) in [5.74, 6) is -0.163. The van der Waals surface area contributed by atoms with E-state index in [9.17, 15) is 9.90 Å². The molecule has 0 bridgehead atoms. The molecule has 2 N–H and O–H groups in total. The second-order valence-electron chi connectivity index (χ2n) is 5.00. The fraction of sp³-hybridized carbons (Fsp3) is 0.235. The molecule has 0 unspecified atom stereocenters. The Labute approximate surface area is 133 Å². The van der Waals surface area contributed by atoms with Crippen molar-refractivity contribution < 1.29 is 9.90 Å². The number of nitrogens with one attached hydrogen (secondary N) is 1. The highest BCUT2D eigenvalue weighted by Gasteiger charge is 2.15. The Kier molecular flexibility index (Phi) is 5.53. The minimum atomic E-state index is -0.293. The van der Waals surface area contributed by atoms with Crippen LogP contribution in [-0.2, 0) is 6.42 Å². The molecule has 21 heavy (non-hydrogen) atoms. The standard InChI is InChI=1S/C17H18BrNO2/c1-12-7-8-14(18)10-16(12)17(21)19-15(11-20)9-13-5-3-2-4-6-13/h2-8,10,15,20H,9,11H2,1H3,(H,19,21)/t15-/m0/s1. The molecule has 110 valence electrons. The van der Waals surface area contributed by atoms with E-state index in [2.05, 4.69) is 21.2 Å². The van der Waals surface area contributed by atoms with Crippen LogP contribution in [0.2, 0.25) is 0 Å². The van der Waals surface area contributed by atoms with Gasteiger partial charge in [0.1, 0.15) is 0 Å². The number of rotatable bonds is 5. The van der Waals surface area contributed by atoms with E-state index in [1.165, 1.54) is 0 Å². The summed E-state index contributed by atoms with van der Waals surface area (Å²) in [7, 11) is 0. The van der Waals surface area contributed by atoms with E-state index in [1.807, 2.05) is 49.4 Å². The summed E-state index contributed by atoms with van der Waals surface area (Å²) in [5.41, 5.74) is 2.62. The first-order valence-electron chi connectivity index (χ1n) is 6.82. The molecule has 0 aliphatic carbocycles. The maximum absolute atomic E-state index is 12.3. The van der Waals surface area contributed by atoms with Crippen molar-refractivity contribution in [3.05, 3.63) is 69.7 Å². The third kappa shape index (κ3) is 4.41. The number of hydrogen-bond acceptors (Lipinski definition) is 2. The summed E-state index contributed by atoms with van der Waals surface area (Å²) in [6.45, 7) is 1.81. The Morgan fingerprint density at radius 2 is 1.95 bits per heavy atom. The van der Waals surface area contributed by atoms with Crippen LogP contribution in [0.15, 0.2) is 53.0 Å². The molecule has 0 radical (unpaired) electrons. The molecule has 0 spiro atoms. The van der Waals surface area contributed by atoms with Crippen LogP contribution in [0.3, 0.4) is 0 Å². The lowest BCUT2D eigenvalue weighted by atomic mass is 10.0. The zero-order valence-corrected chi connectivity index (χ0v) is 13.4. The molecule has 4 heteroatoms. The Morgan fingerprint density at radius 3 is 2.62 bits per heavy atom. The Balaban J connectivity index is 2.07. The zero-order chi connectivity index (χ0) is 15.2. The first-order chi connectivity index (χ1) is 10.1. The lowest BCUT2D eigenvalue weighted by Crippen LogP contribution is -2.39. The molecule has 2 aromatic rings. The summed E-state index contributed by atoms with van der Waals surface area (Å²) >= 11 is 3.37. The van der Waals surface area contributed by atoms with Crippen molar-refractivity contribution in [2.24, 2.45) is 0 Å². The molecule has 1 atom stereocenters. The van der Waals surface area contributed by atoms with Crippen LogP contribution in [0.4, 0.5) is 0 Å². The van der Waals surface area contributed by atoms with Gasteiger partial charge in [0.15, 0.2) is 0 Å². The summed E-state index contributed by atoms with van der Waals surface area (Å²) in [4.78, 5) is 12.3. The van der Waals surface area contributed by atoms with E-state index < -0.39 is 0 Å². The first kappa shape index (κ1) is 15.7. The molecule has 0 aliphatic rings. The number of halogens is 1. The quantitative estimate of drug-likeness (QED) is 0.872.